The van der Waals surface area contributed by atoms with E-state index in [1.165, 1.54) is 0 Å². The Morgan fingerprint density at radius 3 is 3.21 bits per heavy atom. The Bertz CT molecular complexity index is 429. The van der Waals surface area contributed by atoms with Gasteiger partial charge in [-0.2, -0.15) is 15.4 Å². The fourth-order valence-corrected chi connectivity index (χ4v) is 1.59. The fraction of sp³-hybridized carbons (Fsp3) is 0.429. The van der Waals surface area contributed by atoms with E-state index in [2.05, 4.69) is 35.5 Å². The highest BCUT2D eigenvalue weighted by Crippen LogP contribution is 2.15. The van der Waals surface area contributed by atoms with E-state index >= 15 is 0 Å². The number of H-pyrrole nitrogens is 1. The number of hydrogen-bond acceptors (Lipinski definition) is 5. The normalized spacial score (nSPS) is 15.4. The number of nitrogens with one attached hydrogen (secondary N) is 2. The fourth-order valence-electron chi connectivity index (χ4n) is 1.59. The molecule has 1 aliphatic rings. The minimum atomic E-state index is 0.741. The maximum Gasteiger partial charge on any atom is 0.186 e. The molecule has 0 unspecified atom stereocenters. The summed E-state index contributed by atoms with van der Waals surface area (Å²) >= 11 is 0. The third-order valence-electron chi connectivity index (χ3n) is 2.27. The molecular weight excluding hydrogens is 182 g/mol. The van der Waals surface area contributed by atoms with Crippen LogP contribution in [0, 0.1) is 0 Å². The Balaban J connectivity index is 2.11. The standard InChI is InChI=1S/C7H9N7/c1-2-14-6(4-8-1)11-12-7(14)5-3-9-13-10-5/h3,8H,1-2,4H2,(H,9,10,13). The predicted octanol–water partition coefficient (Wildman–Crippen LogP) is -0.834. The lowest BCUT2D eigenvalue weighted by molar-refractivity contribution is 0.508. The molecule has 0 bridgehead atoms. The molecule has 72 valence electrons. The lowest BCUT2D eigenvalue weighted by atomic mass is 10.4. The molecule has 0 atom stereocenters. The molecule has 7 heteroatoms. The molecule has 0 aromatic carbocycles. The molecule has 2 aromatic rings. The number of fused-ring (bicyclic) bond motifs is 1. The first-order valence-electron chi connectivity index (χ1n) is 4.44. The van der Waals surface area contributed by atoms with Crippen molar-refractivity contribution in [3.63, 3.8) is 0 Å². The van der Waals surface area contributed by atoms with Crippen LogP contribution in [-0.4, -0.2) is 36.7 Å². The monoisotopic (exact) mass is 191 g/mol. The van der Waals surface area contributed by atoms with Crippen LogP contribution in [0.3, 0.4) is 0 Å². The van der Waals surface area contributed by atoms with Gasteiger partial charge in [-0.25, -0.2) is 0 Å². The average Bonchev–Trinajstić information content (AvgIpc) is 2.85. The Morgan fingerprint density at radius 1 is 1.36 bits per heavy atom. The van der Waals surface area contributed by atoms with E-state index in [1.807, 2.05) is 0 Å². The maximum absolute atomic E-state index is 4.09. The SMILES string of the molecule is c1n[nH]nc1-c1nnc2n1CCNC2. The summed E-state index contributed by atoms with van der Waals surface area (Å²) in [6, 6.07) is 0. The summed E-state index contributed by atoms with van der Waals surface area (Å²) in [6.07, 6.45) is 1.65. The van der Waals surface area contributed by atoms with Gasteiger partial charge < -0.3 is 9.88 Å². The van der Waals surface area contributed by atoms with Gasteiger partial charge in [0.15, 0.2) is 5.82 Å². The zero-order chi connectivity index (χ0) is 9.38. The summed E-state index contributed by atoms with van der Waals surface area (Å²) in [5, 5.41) is 21.7. The molecule has 0 spiro atoms. The molecule has 1 aliphatic heterocycles. The molecule has 0 radical (unpaired) electrons. The topological polar surface area (TPSA) is 84.3 Å². The molecule has 3 rings (SSSR count). The van der Waals surface area contributed by atoms with Crippen molar-refractivity contribution in [3.8, 4) is 11.5 Å². The Labute approximate surface area is 79.5 Å². The maximum atomic E-state index is 4.09. The molecule has 0 saturated heterocycles. The van der Waals surface area contributed by atoms with Crippen molar-refractivity contribution in [3.05, 3.63) is 12.0 Å². The van der Waals surface area contributed by atoms with Crippen LogP contribution in [0.15, 0.2) is 6.20 Å². The first-order chi connectivity index (χ1) is 6.95. The second-order valence-electron chi connectivity index (χ2n) is 3.12. The quantitative estimate of drug-likeness (QED) is 0.614. The second-order valence-corrected chi connectivity index (χ2v) is 3.12. The summed E-state index contributed by atoms with van der Waals surface area (Å²) in [4.78, 5) is 0. The van der Waals surface area contributed by atoms with Gasteiger partial charge in [-0.15, -0.1) is 10.2 Å². The van der Waals surface area contributed by atoms with Crippen LogP contribution < -0.4 is 5.32 Å². The average molecular weight is 191 g/mol. The van der Waals surface area contributed by atoms with Crippen LogP contribution in [-0.2, 0) is 13.1 Å². The molecule has 0 aliphatic carbocycles. The summed E-state index contributed by atoms with van der Waals surface area (Å²) in [5.74, 6) is 1.74. The molecule has 0 saturated carbocycles. The lowest BCUT2D eigenvalue weighted by Gasteiger charge is -2.14. The second kappa shape index (κ2) is 2.88. The molecular formula is C7H9N7. The van der Waals surface area contributed by atoms with Crippen molar-refractivity contribution in [1.29, 1.82) is 0 Å². The first-order valence-corrected chi connectivity index (χ1v) is 4.44. The molecule has 0 fully saturated rings. The highest BCUT2D eigenvalue weighted by atomic mass is 15.4. The van der Waals surface area contributed by atoms with Gasteiger partial charge in [0.25, 0.3) is 0 Å². The summed E-state index contributed by atoms with van der Waals surface area (Å²) in [7, 11) is 0. The van der Waals surface area contributed by atoms with Crippen molar-refractivity contribution in [2.45, 2.75) is 13.1 Å². The van der Waals surface area contributed by atoms with Gasteiger partial charge in [-0.05, 0) is 0 Å². The number of aromatic nitrogens is 6. The number of rotatable bonds is 1. The van der Waals surface area contributed by atoms with Crippen molar-refractivity contribution in [2.24, 2.45) is 0 Å². The molecule has 2 aromatic heterocycles. The third kappa shape index (κ3) is 1.02. The largest absolute Gasteiger partial charge is 0.308 e. The van der Waals surface area contributed by atoms with Crippen LogP contribution in [0.5, 0.6) is 0 Å². The van der Waals surface area contributed by atoms with Gasteiger partial charge in [0.1, 0.15) is 11.5 Å². The van der Waals surface area contributed by atoms with E-state index in [4.69, 9.17) is 0 Å². The lowest BCUT2D eigenvalue weighted by Crippen LogP contribution is -2.28. The van der Waals surface area contributed by atoms with Crippen LogP contribution >= 0.6 is 0 Å². The Hall–Kier alpha value is -1.76. The van der Waals surface area contributed by atoms with E-state index in [-0.39, 0.29) is 0 Å². The minimum Gasteiger partial charge on any atom is -0.308 e. The summed E-state index contributed by atoms with van der Waals surface area (Å²) in [5.41, 5.74) is 0.741. The van der Waals surface area contributed by atoms with Gasteiger partial charge >= 0.3 is 0 Å². The van der Waals surface area contributed by atoms with E-state index < -0.39 is 0 Å². The van der Waals surface area contributed by atoms with E-state index in [9.17, 15) is 0 Å². The van der Waals surface area contributed by atoms with Gasteiger partial charge in [-0.3, -0.25) is 0 Å². The van der Waals surface area contributed by atoms with Gasteiger partial charge in [0.2, 0.25) is 0 Å². The van der Waals surface area contributed by atoms with Crippen LogP contribution in [0.2, 0.25) is 0 Å². The van der Waals surface area contributed by atoms with Crippen molar-refractivity contribution < 1.29 is 0 Å². The molecule has 3 heterocycles. The van der Waals surface area contributed by atoms with Crippen LogP contribution in [0.25, 0.3) is 11.5 Å². The summed E-state index contributed by atoms with van der Waals surface area (Å²) < 4.78 is 2.06. The van der Waals surface area contributed by atoms with Crippen molar-refractivity contribution >= 4 is 0 Å². The van der Waals surface area contributed by atoms with E-state index in [0.717, 1.165) is 37.0 Å². The van der Waals surface area contributed by atoms with E-state index in [1.54, 1.807) is 6.20 Å². The van der Waals surface area contributed by atoms with Gasteiger partial charge in [0.05, 0.1) is 12.7 Å². The highest BCUT2D eigenvalue weighted by Gasteiger charge is 2.17. The number of aromatic amines is 1. The molecule has 0 amide bonds. The molecule has 7 nitrogen and oxygen atoms in total. The minimum absolute atomic E-state index is 0.741. The molecule has 2 N–H and O–H groups in total. The smallest absolute Gasteiger partial charge is 0.186 e. The van der Waals surface area contributed by atoms with Crippen molar-refractivity contribution in [2.75, 3.05) is 6.54 Å². The van der Waals surface area contributed by atoms with Crippen molar-refractivity contribution in [1.82, 2.24) is 35.5 Å². The van der Waals surface area contributed by atoms with Crippen LogP contribution in [0.1, 0.15) is 5.82 Å². The highest BCUT2D eigenvalue weighted by molar-refractivity contribution is 5.46. The number of nitrogens with zero attached hydrogens (tertiary/aromatic N) is 5. The predicted molar refractivity (Wildman–Crippen MR) is 47.1 cm³/mol. The summed E-state index contributed by atoms with van der Waals surface area (Å²) in [6.45, 7) is 2.59. The zero-order valence-electron chi connectivity index (χ0n) is 7.43. The number of hydrogen-bond donors (Lipinski definition) is 2. The molecule has 14 heavy (non-hydrogen) atoms. The van der Waals surface area contributed by atoms with E-state index in [0.29, 0.717) is 0 Å². The van der Waals surface area contributed by atoms with Gasteiger partial charge in [0, 0.05) is 13.1 Å². The third-order valence-corrected chi connectivity index (χ3v) is 2.27. The zero-order valence-corrected chi connectivity index (χ0v) is 7.43. The Morgan fingerprint density at radius 2 is 2.36 bits per heavy atom. The Kier molecular flexibility index (Phi) is 1.57. The van der Waals surface area contributed by atoms with Gasteiger partial charge in [-0.1, -0.05) is 0 Å². The van der Waals surface area contributed by atoms with Crippen LogP contribution in [0.4, 0.5) is 0 Å². The first kappa shape index (κ1) is 7.63.